The van der Waals surface area contributed by atoms with Crippen LogP contribution in [0.2, 0.25) is 0 Å². The smallest absolute Gasteiger partial charge is 0.349 e. The minimum atomic E-state index is -4.42. The van der Waals surface area contributed by atoms with E-state index in [2.05, 4.69) is 5.32 Å². The van der Waals surface area contributed by atoms with E-state index in [0.29, 0.717) is 32.4 Å². The first-order valence-electron chi connectivity index (χ1n) is 9.13. The molecule has 0 atom stereocenters. The molecule has 0 bridgehead atoms. The van der Waals surface area contributed by atoms with Crippen LogP contribution in [0.3, 0.4) is 0 Å². The van der Waals surface area contributed by atoms with Crippen LogP contribution in [-0.2, 0) is 17.4 Å². The van der Waals surface area contributed by atoms with E-state index >= 15 is 0 Å². The second-order valence-electron chi connectivity index (χ2n) is 6.87. The van der Waals surface area contributed by atoms with Crippen LogP contribution >= 0.6 is 0 Å². The molecule has 3 rings (SSSR count). The third kappa shape index (κ3) is 5.12. The van der Waals surface area contributed by atoms with Gasteiger partial charge in [0.05, 0.1) is 12.0 Å². The number of rotatable bonds is 4. The molecule has 0 aromatic heterocycles. The SMILES string of the molecule is O=C(NC1CCN(C(=O)Cc2ccccc2)CC1)c1ccc(C(F)(F)F)cc1. The molecule has 0 radical (unpaired) electrons. The van der Waals surface area contributed by atoms with Gasteiger partial charge >= 0.3 is 6.18 Å². The summed E-state index contributed by atoms with van der Waals surface area (Å²) in [6.45, 7) is 1.09. The fourth-order valence-electron chi connectivity index (χ4n) is 3.23. The molecule has 0 saturated carbocycles. The van der Waals surface area contributed by atoms with Crippen LogP contribution in [0.25, 0.3) is 0 Å². The van der Waals surface area contributed by atoms with E-state index in [9.17, 15) is 22.8 Å². The van der Waals surface area contributed by atoms with Crippen LogP contribution < -0.4 is 5.32 Å². The molecular weight excluding hydrogens is 369 g/mol. The molecule has 28 heavy (non-hydrogen) atoms. The van der Waals surface area contributed by atoms with Crippen molar-refractivity contribution < 1.29 is 22.8 Å². The molecule has 1 aliphatic rings. The number of hydrogen-bond donors (Lipinski definition) is 1. The van der Waals surface area contributed by atoms with E-state index in [-0.39, 0.29) is 17.5 Å². The monoisotopic (exact) mass is 390 g/mol. The largest absolute Gasteiger partial charge is 0.416 e. The van der Waals surface area contributed by atoms with Crippen molar-refractivity contribution in [3.05, 3.63) is 71.3 Å². The summed E-state index contributed by atoms with van der Waals surface area (Å²) in [4.78, 5) is 26.4. The van der Waals surface area contributed by atoms with Crippen LogP contribution in [0, 0.1) is 0 Å². The van der Waals surface area contributed by atoms with Crippen molar-refractivity contribution in [2.75, 3.05) is 13.1 Å². The van der Waals surface area contributed by atoms with Crippen molar-refractivity contribution in [2.45, 2.75) is 31.5 Å². The number of likely N-dealkylation sites (tertiary alicyclic amines) is 1. The predicted octanol–water partition coefficient (Wildman–Crippen LogP) is 3.67. The van der Waals surface area contributed by atoms with E-state index in [1.165, 1.54) is 12.1 Å². The fraction of sp³-hybridized carbons (Fsp3) is 0.333. The lowest BCUT2D eigenvalue weighted by molar-refractivity contribution is -0.137. The first-order valence-corrected chi connectivity index (χ1v) is 9.13. The molecule has 2 aromatic rings. The Morgan fingerprint density at radius 1 is 0.964 bits per heavy atom. The van der Waals surface area contributed by atoms with Gasteiger partial charge in [-0.1, -0.05) is 30.3 Å². The summed E-state index contributed by atoms with van der Waals surface area (Å²) in [6, 6.07) is 13.6. The molecule has 1 N–H and O–H groups in total. The average molecular weight is 390 g/mol. The molecule has 1 saturated heterocycles. The molecule has 1 heterocycles. The Balaban J connectivity index is 1.48. The minimum Gasteiger partial charge on any atom is -0.349 e. The fourth-order valence-corrected chi connectivity index (χ4v) is 3.23. The maximum atomic E-state index is 12.6. The van der Waals surface area contributed by atoms with Crippen LogP contribution in [0.15, 0.2) is 54.6 Å². The molecule has 1 fully saturated rings. The summed E-state index contributed by atoms with van der Waals surface area (Å²) in [5, 5.41) is 2.84. The Hall–Kier alpha value is -2.83. The molecule has 0 spiro atoms. The van der Waals surface area contributed by atoms with Gasteiger partial charge in [0, 0.05) is 24.7 Å². The standard InChI is InChI=1S/C21H21F3N2O2/c22-21(23,24)17-8-6-16(7-9-17)20(28)25-18-10-12-26(13-11-18)19(27)14-15-4-2-1-3-5-15/h1-9,18H,10-14H2,(H,25,28). The quantitative estimate of drug-likeness (QED) is 0.866. The van der Waals surface area contributed by atoms with E-state index in [1.807, 2.05) is 30.3 Å². The lowest BCUT2D eigenvalue weighted by atomic mass is 10.0. The first-order chi connectivity index (χ1) is 13.3. The van der Waals surface area contributed by atoms with E-state index < -0.39 is 17.6 Å². The number of benzene rings is 2. The number of piperidine rings is 1. The van der Waals surface area contributed by atoms with Crippen LogP contribution in [-0.4, -0.2) is 35.8 Å². The molecule has 7 heteroatoms. The molecule has 0 unspecified atom stereocenters. The predicted molar refractivity (Wildman–Crippen MR) is 98.7 cm³/mol. The van der Waals surface area contributed by atoms with Crippen molar-refractivity contribution in [1.29, 1.82) is 0 Å². The summed E-state index contributed by atoms with van der Waals surface area (Å²) in [6.07, 6.45) is -2.84. The van der Waals surface area contributed by atoms with E-state index in [1.54, 1.807) is 4.90 Å². The zero-order valence-corrected chi connectivity index (χ0v) is 15.2. The Kier molecular flexibility index (Phi) is 6.02. The van der Waals surface area contributed by atoms with Gasteiger partial charge in [0.1, 0.15) is 0 Å². The first kappa shape index (κ1) is 19.9. The van der Waals surface area contributed by atoms with E-state index in [0.717, 1.165) is 17.7 Å². The summed E-state index contributed by atoms with van der Waals surface area (Å²) in [7, 11) is 0. The zero-order chi connectivity index (χ0) is 20.1. The van der Waals surface area contributed by atoms with Crippen LogP contribution in [0.5, 0.6) is 0 Å². The van der Waals surface area contributed by atoms with Gasteiger partial charge in [-0.15, -0.1) is 0 Å². The third-order valence-corrected chi connectivity index (χ3v) is 4.86. The number of nitrogens with one attached hydrogen (secondary N) is 1. The van der Waals surface area contributed by atoms with Crippen molar-refractivity contribution in [3.63, 3.8) is 0 Å². The van der Waals surface area contributed by atoms with Gasteiger partial charge in [-0.3, -0.25) is 9.59 Å². The number of hydrogen-bond acceptors (Lipinski definition) is 2. The topological polar surface area (TPSA) is 49.4 Å². The van der Waals surface area contributed by atoms with Gasteiger partial charge in [-0.05, 0) is 42.7 Å². The van der Waals surface area contributed by atoms with Crippen molar-refractivity contribution in [1.82, 2.24) is 10.2 Å². The van der Waals surface area contributed by atoms with Gasteiger partial charge in [-0.2, -0.15) is 13.2 Å². The molecule has 148 valence electrons. The maximum absolute atomic E-state index is 12.6. The minimum absolute atomic E-state index is 0.0544. The van der Waals surface area contributed by atoms with Crippen molar-refractivity contribution >= 4 is 11.8 Å². The van der Waals surface area contributed by atoms with Gasteiger partial charge in [0.15, 0.2) is 0 Å². The second kappa shape index (κ2) is 8.46. The Bertz CT molecular complexity index is 812. The molecular formula is C21H21F3N2O2. The summed E-state index contributed by atoms with van der Waals surface area (Å²) in [5.41, 5.74) is 0.370. The number of carbonyl (C=O) groups excluding carboxylic acids is 2. The highest BCUT2D eigenvalue weighted by atomic mass is 19.4. The molecule has 1 aliphatic heterocycles. The molecule has 0 aliphatic carbocycles. The highest BCUT2D eigenvalue weighted by Gasteiger charge is 2.30. The third-order valence-electron chi connectivity index (χ3n) is 4.86. The average Bonchev–Trinajstić information content (AvgIpc) is 2.68. The number of carbonyl (C=O) groups is 2. The number of nitrogens with zero attached hydrogens (tertiary/aromatic N) is 1. The van der Waals surface area contributed by atoms with Crippen LogP contribution in [0.1, 0.15) is 34.3 Å². The van der Waals surface area contributed by atoms with Gasteiger partial charge in [-0.25, -0.2) is 0 Å². The Morgan fingerprint density at radius 3 is 2.14 bits per heavy atom. The van der Waals surface area contributed by atoms with Crippen molar-refractivity contribution in [2.24, 2.45) is 0 Å². The number of halogens is 3. The number of amides is 2. The molecule has 2 amide bonds. The summed E-state index contributed by atoms with van der Waals surface area (Å²) in [5.74, 6) is -0.346. The summed E-state index contributed by atoms with van der Waals surface area (Å²) >= 11 is 0. The van der Waals surface area contributed by atoms with Gasteiger partial charge in [0.2, 0.25) is 5.91 Å². The maximum Gasteiger partial charge on any atom is 0.416 e. The second-order valence-corrected chi connectivity index (χ2v) is 6.87. The zero-order valence-electron chi connectivity index (χ0n) is 15.2. The highest BCUT2D eigenvalue weighted by molar-refractivity contribution is 5.94. The van der Waals surface area contributed by atoms with Crippen molar-refractivity contribution in [3.8, 4) is 0 Å². The van der Waals surface area contributed by atoms with Gasteiger partial charge in [0.25, 0.3) is 5.91 Å². The normalized spacial score (nSPS) is 15.3. The molecule has 4 nitrogen and oxygen atoms in total. The van der Waals surface area contributed by atoms with Crippen LogP contribution in [0.4, 0.5) is 13.2 Å². The Labute approximate surface area is 161 Å². The summed E-state index contributed by atoms with van der Waals surface area (Å²) < 4.78 is 37.8. The lowest BCUT2D eigenvalue weighted by Gasteiger charge is -2.32. The number of alkyl halides is 3. The lowest BCUT2D eigenvalue weighted by Crippen LogP contribution is -2.47. The highest BCUT2D eigenvalue weighted by Crippen LogP contribution is 2.29. The molecule has 2 aromatic carbocycles. The van der Waals surface area contributed by atoms with E-state index in [4.69, 9.17) is 0 Å². The van der Waals surface area contributed by atoms with Gasteiger partial charge < -0.3 is 10.2 Å². The Morgan fingerprint density at radius 2 is 1.57 bits per heavy atom.